The lowest BCUT2D eigenvalue weighted by molar-refractivity contribution is -0.136. The van der Waals surface area contributed by atoms with E-state index in [0.29, 0.717) is 10.2 Å². The number of halogens is 1. The predicted molar refractivity (Wildman–Crippen MR) is 90.5 cm³/mol. The average Bonchev–Trinajstić information content (AvgIpc) is 3.06. The van der Waals surface area contributed by atoms with Gasteiger partial charge in [-0.1, -0.05) is 22.0 Å². The number of carbonyl (C=O) groups excluding carboxylic acids is 4. The first-order valence-electron chi connectivity index (χ1n) is 7.55. The maximum absolute atomic E-state index is 12.9. The molecule has 1 aromatic carbocycles. The van der Waals surface area contributed by atoms with Crippen LogP contribution in [0, 0.1) is 5.92 Å². The van der Waals surface area contributed by atoms with Gasteiger partial charge in [-0.2, -0.15) is 5.10 Å². The molecule has 3 amide bonds. The van der Waals surface area contributed by atoms with Crippen molar-refractivity contribution in [3.05, 3.63) is 28.7 Å². The summed E-state index contributed by atoms with van der Waals surface area (Å²) in [5.74, 6) is -3.71. The summed E-state index contributed by atoms with van der Waals surface area (Å²) in [6, 6.07) is 5.47. The zero-order chi connectivity index (χ0) is 18.3. The zero-order valence-corrected chi connectivity index (χ0v) is 15.0. The number of hydrogen-bond acceptors (Lipinski definition) is 6. The van der Waals surface area contributed by atoms with Crippen LogP contribution in [0.5, 0.6) is 0 Å². The summed E-state index contributed by atoms with van der Waals surface area (Å²) < 4.78 is 5.59. The van der Waals surface area contributed by atoms with Gasteiger partial charge in [-0.3, -0.25) is 14.4 Å². The number of ether oxygens (including phenoxy) is 1. The Morgan fingerprint density at radius 1 is 1.28 bits per heavy atom. The van der Waals surface area contributed by atoms with Gasteiger partial charge in [0.1, 0.15) is 5.92 Å². The Bertz CT molecular complexity index is 822. The van der Waals surface area contributed by atoms with Crippen molar-refractivity contribution in [1.82, 2.24) is 5.01 Å². The number of nitrogens with zero attached hydrogens (tertiary/aromatic N) is 3. The summed E-state index contributed by atoms with van der Waals surface area (Å²) in [4.78, 5) is 50.6. The minimum absolute atomic E-state index is 0.0901. The van der Waals surface area contributed by atoms with Gasteiger partial charge in [-0.05, 0) is 25.1 Å². The molecule has 0 bridgehead atoms. The molecule has 8 nitrogen and oxygen atoms in total. The minimum atomic E-state index is -1.16. The molecule has 0 N–H and O–H groups in total. The number of esters is 1. The predicted octanol–water partition coefficient (Wildman–Crippen LogP) is 1.09. The first kappa shape index (κ1) is 17.3. The van der Waals surface area contributed by atoms with Gasteiger partial charge in [0.2, 0.25) is 11.8 Å². The minimum Gasteiger partial charge on any atom is -0.461 e. The van der Waals surface area contributed by atoms with E-state index in [9.17, 15) is 19.2 Å². The van der Waals surface area contributed by atoms with Crippen LogP contribution < -0.4 is 4.90 Å². The molecule has 1 saturated heterocycles. The number of benzene rings is 1. The normalized spacial score (nSPS) is 22.1. The van der Waals surface area contributed by atoms with Crippen molar-refractivity contribution >= 4 is 51.0 Å². The SMILES string of the molecule is CCOC(=O)C1=NN(C(C)=O)[C@@H]2C(=O)N(c3cccc(Br)c3)C(=O)[C@H]12. The number of fused-ring (bicyclic) bond motifs is 1. The number of hydrogen-bond donors (Lipinski definition) is 0. The molecule has 9 heteroatoms. The van der Waals surface area contributed by atoms with E-state index in [-0.39, 0.29) is 12.3 Å². The number of hydrazone groups is 1. The van der Waals surface area contributed by atoms with E-state index in [4.69, 9.17) is 4.74 Å². The number of amides is 3. The van der Waals surface area contributed by atoms with Crippen LogP contribution in [-0.4, -0.2) is 47.1 Å². The van der Waals surface area contributed by atoms with Crippen LogP contribution in [0.3, 0.4) is 0 Å². The smallest absolute Gasteiger partial charge is 0.355 e. The number of imide groups is 1. The molecule has 0 aromatic heterocycles. The van der Waals surface area contributed by atoms with Gasteiger partial charge < -0.3 is 4.74 Å². The topological polar surface area (TPSA) is 96.3 Å². The Morgan fingerprint density at radius 3 is 2.60 bits per heavy atom. The highest BCUT2D eigenvalue weighted by Crippen LogP contribution is 2.36. The van der Waals surface area contributed by atoms with Crippen molar-refractivity contribution in [1.29, 1.82) is 0 Å². The van der Waals surface area contributed by atoms with Gasteiger partial charge in [-0.25, -0.2) is 14.7 Å². The van der Waals surface area contributed by atoms with Gasteiger partial charge in [0.25, 0.3) is 5.91 Å². The van der Waals surface area contributed by atoms with Crippen molar-refractivity contribution < 1.29 is 23.9 Å². The highest BCUT2D eigenvalue weighted by Gasteiger charge is 2.59. The lowest BCUT2D eigenvalue weighted by Gasteiger charge is -2.19. The first-order valence-corrected chi connectivity index (χ1v) is 8.35. The van der Waals surface area contributed by atoms with E-state index in [0.717, 1.165) is 9.91 Å². The molecule has 0 radical (unpaired) electrons. The van der Waals surface area contributed by atoms with Crippen LogP contribution in [0.4, 0.5) is 5.69 Å². The van der Waals surface area contributed by atoms with E-state index in [2.05, 4.69) is 21.0 Å². The lowest BCUT2D eigenvalue weighted by Crippen LogP contribution is -2.41. The van der Waals surface area contributed by atoms with E-state index >= 15 is 0 Å². The molecule has 25 heavy (non-hydrogen) atoms. The molecule has 1 aromatic rings. The van der Waals surface area contributed by atoms with Crippen molar-refractivity contribution in [3.63, 3.8) is 0 Å². The van der Waals surface area contributed by atoms with Crippen LogP contribution in [0.25, 0.3) is 0 Å². The van der Waals surface area contributed by atoms with E-state index in [1.54, 1.807) is 31.2 Å². The molecule has 0 saturated carbocycles. The molecule has 2 aliphatic heterocycles. The third kappa shape index (κ3) is 2.74. The highest BCUT2D eigenvalue weighted by molar-refractivity contribution is 9.10. The Balaban J connectivity index is 2.04. The van der Waals surface area contributed by atoms with E-state index < -0.39 is 35.7 Å². The summed E-state index contributed by atoms with van der Waals surface area (Å²) >= 11 is 3.29. The van der Waals surface area contributed by atoms with Gasteiger partial charge in [0.15, 0.2) is 11.8 Å². The largest absolute Gasteiger partial charge is 0.461 e. The van der Waals surface area contributed by atoms with Crippen LogP contribution in [0.1, 0.15) is 13.8 Å². The van der Waals surface area contributed by atoms with Gasteiger partial charge in [-0.15, -0.1) is 0 Å². The molecule has 0 unspecified atom stereocenters. The quantitative estimate of drug-likeness (QED) is 0.551. The maximum atomic E-state index is 12.9. The Morgan fingerprint density at radius 2 is 2.00 bits per heavy atom. The highest BCUT2D eigenvalue weighted by atomic mass is 79.9. The van der Waals surface area contributed by atoms with E-state index in [1.807, 2.05) is 0 Å². The number of anilines is 1. The van der Waals surface area contributed by atoms with Crippen LogP contribution in [0.2, 0.25) is 0 Å². The molecule has 2 atom stereocenters. The van der Waals surface area contributed by atoms with Crippen LogP contribution in [0.15, 0.2) is 33.8 Å². The molecule has 3 rings (SSSR count). The van der Waals surface area contributed by atoms with Crippen LogP contribution in [-0.2, 0) is 23.9 Å². The molecule has 130 valence electrons. The standard InChI is InChI=1S/C16H14BrN3O5/c1-3-25-16(24)12-11-13(20(18-12)8(2)21)15(23)19(14(11)22)10-6-4-5-9(17)7-10/h4-7,11,13H,3H2,1-2H3/t11-,13+/m1/s1. The monoisotopic (exact) mass is 407 g/mol. The second-order valence-electron chi connectivity index (χ2n) is 5.48. The molecule has 0 spiro atoms. The van der Waals surface area contributed by atoms with Crippen molar-refractivity contribution in [3.8, 4) is 0 Å². The molecule has 0 aliphatic carbocycles. The molecular weight excluding hydrogens is 394 g/mol. The number of carbonyl (C=O) groups is 4. The Labute approximate surface area is 151 Å². The van der Waals surface area contributed by atoms with Gasteiger partial charge >= 0.3 is 5.97 Å². The lowest BCUT2D eigenvalue weighted by atomic mass is 9.98. The summed E-state index contributed by atoms with van der Waals surface area (Å²) in [5.41, 5.74) is 0.128. The second-order valence-corrected chi connectivity index (χ2v) is 6.40. The fraction of sp³-hybridized carbons (Fsp3) is 0.312. The summed E-state index contributed by atoms with van der Waals surface area (Å²) in [5, 5.41) is 4.77. The number of rotatable bonds is 3. The third-order valence-corrected chi connectivity index (χ3v) is 4.42. The second kappa shape index (κ2) is 6.40. The fourth-order valence-electron chi connectivity index (χ4n) is 2.92. The third-order valence-electron chi connectivity index (χ3n) is 3.92. The van der Waals surface area contributed by atoms with Gasteiger partial charge in [0, 0.05) is 11.4 Å². The summed E-state index contributed by atoms with van der Waals surface area (Å²) in [7, 11) is 0. The Kier molecular flexibility index (Phi) is 4.42. The van der Waals surface area contributed by atoms with Crippen LogP contribution >= 0.6 is 15.9 Å². The van der Waals surface area contributed by atoms with Crippen molar-refractivity contribution in [2.24, 2.45) is 11.0 Å². The molecular formula is C16H14BrN3O5. The molecule has 2 aliphatic rings. The Hall–Kier alpha value is -2.55. The van der Waals surface area contributed by atoms with Crippen molar-refractivity contribution in [2.75, 3.05) is 11.5 Å². The maximum Gasteiger partial charge on any atom is 0.355 e. The first-order chi connectivity index (χ1) is 11.9. The van der Waals surface area contributed by atoms with Gasteiger partial charge in [0.05, 0.1) is 12.3 Å². The zero-order valence-electron chi connectivity index (χ0n) is 13.4. The molecule has 2 heterocycles. The van der Waals surface area contributed by atoms with Crippen molar-refractivity contribution in [2.45, 2.75) is 19.9 Å². The van der Waals surface area contributed by atoms with E-state index in [1.165, 1.54) is 6.92 Å². The summed E-state index contributed by atoms with van der Waals surface area (Å²) in [6.45, 7) is 2.92. The molecule has 1 fully saturated rings. The fourth-order valence-corrected chi connectivity index (χ4v) is 3.31. The average molecular weight is 408 g/mol. The summed E-state index contributed by atoms with van der Waals surface area (Å²) in [6.07, 6.45) is 0.